The largest absolute Gasteiger partial charge is 0.369 e. The molecule has 0 aromatic heterocycles. The van der Waals surface area contributed by atoms with Gasteiger partial charge in [0.05, 0.1) is 6.54 Å². The Balaban J connectivity index is 1.76. The van der Waals surface area contributed by atoms with Crippen molar-refractivity contribution in [3.05, 3.63) is 0 Å². The van der Waals surface area contributed by atoms with E-state index in [4.69, 9.17) is 5.73 Å². The zero-order valence-electron chi connectivity index (χ0n) is 10.5. The van der Waals surface area contributed by atoms with Gasteiger partial charge in [0.2, 0.25) is 5.91 Å². The normalized spacial score (nSPS) is 25.9. The van der Waals surface area contributed by atoms with Crippen LogP contribution in [0.1, 0.15) is 39.5 Å². The van der Waals surface area contributed by atoms with Crippen LogP contribution in [0.4, 0.5) is 0 Å². The summed E-state index contributed by atoms with van der Waals surface area (Å²) < 4.78 is 0. The first-order valence-electron chi connectivity index (χ1n) is 6.51. The predicted octanol–water partition coefficient (Wildman–Crippen LogP) is 1.62. The average Bonchev–Trinajstić information content (AvgIpc) is 2.15. The van der Waals surface area contributed by atoms with Crippen LogP contribution < -0.4 is 5.73 Å². The van der Waals surface area contributed by atoms with E-state index in [9.17, 15) is 4.79 Å². The molecule has 3 heteroatoms. The second-order valence-corrected chi connectivity index (χ2v) is 6.19. The van der Waals surface area contributed by atoms with E-state index in [1.807, 2.05) is 0 Å². The van der Waals surface area contributed by atoms with Crippen LogP contribution in [0.25, 0.3) is 0 Å². The molecule has 1 heterocycles. The maximum absolute atomic E-state index is 10.8. The van der Waals surface area contributed by atoms with Gasteiger partial charge in [0.1, 0.15) is 0 Å². The van der Waals surface area contributed by atoms with Crippen LogP contribution in [0, 0.1) is 17.3 Å². The number of nitrogens with two attached hydrogens (primary N) is 1. The van der Waals surface area contributed by atoms with Crippen LogP contribution >= 0.6 is 0 Å². The standard InChI is InChI=1S/C13H24N2O/c1-10(2)11-3-5-13(6-4-11)8-15(9-13)7-12(14)16/h10-11H,3-9H2,1-2H3,(H2,14,16). The Labute approximate surface area is 98.4 Å². The third-order valence-corrected chi connectivity index (χ3v) is 4.53. The van der Waals surface area contributed by atoms with E-state index in [0.29, 0.717) is 12.0 Å². The van der Waals surface area contributed by atoms with Gasteiger partial charge in [-0.25, -0.2) is 0 Å². The first-order chi connectivity index (χ1) is 7.51. The molecular formula is C13H24N2O. The van der Waals surface area contributed by atoms with Gasteiger partial charge in [0, 0.05) is 13.1 Å². The molecule has 0 unspecified atom stereocenters. The number of carbonyl (C=O) groups excluding carboxylic acids is 1. The monoisotopic (exact) mass is 224 g/mol. The number of rotatable bonds is 3. The third kappa shape index (κ3) is 2.40. The molecule has 0 atom stereocenters. The number of primary amides is 1. The summed E-state index contributed by atoms with van der Waals surface area (Å²) in [5, 5.41) is 0. The molecule has 92 valence electrons. The lowest BCUT2D eigenvalue weighted by molar-refractivity contribution is -0.124. The molecule has 2 N–H and O–H groups in total. The van der Waals surface area contributed by atoms with Crippen molar-refractivity contribution in [1.82, 2.24) is 4.90 Å². The van der Waals surface area contributed by atoms with Crippen molar-refractivity contribution < 1.29 is 4.79 Å². The highest BCUT2D eigenvalue weighted by Crippen LogP contribution is 2.46. The molecule has 2 aliphatic rings. The molecule has 0 aromatic rings. The highest BCUT2D eigenvalue weighted by molar-refractivity contribution is 5.76. The molecular weight excluding hydrogens is 200 g/mol. The van der Waals surface area contributed by atoms with Gasteiger partial charge in [-0.1, -0.05) is 13.8 Å². The van der Waals surface area contributed by atoms with Crippen molar-refractivity contribution in [2.24, 2.45) is 23.0 Å². The molecule has 0 radical (unpaired) electrons. The van der Waals surface area contributed by atoms with Crippen LogP contribution in [0.2, 0.25) is 0 Å². The van der Waals surface area contributed by atoms with Crippen LogP contribution in [-0.4, -0.2) is 30.4 Å². The fourth-order valence-corrected chi connectivity index (χ4v) is 3.47. The molecule has 1 aliphatic heterocycles. The van der Waals surface area contributed by atoms with Crippen molar-refractivity contribution in [2.45, 2.75) is 39.5 Å². The van der Waals surface area contributed by atoms with Gasteiger partial charge in [-0.2, -0.15) is 0 Å². The smallest absolute Gasteiger partial charge is 0.231 e. The first kappa shape index (κ1) is 11.9. The highest BCUT2D eigenvalue weighted by atomic mass is 16.1. The predicted molar refractivity (Wildman–Crippen MR) is 64.9 cm³/mol. The van der Waals surface area contributed by atoms with E-state index >= 15 is 0 Å². The lowest BCUT2D eigenvalue weighted by Gasteiger charge is -2.53. The lowest BCUT2D eigenvalue weighted by Crippen LogP contribution is -2.59. The summed E-state index contributed by atoms with van der Waals surface area (Å²) in [6.45, 7) is 7.32. The van der Waals surface area contributed by atoms with E-state index in [1.165, 1.54) is 25.7 Å². The average molecular weight is 224 g/mol. The van der Waals surface area contributed by atoms with Gasteiger partial charge < -0.3 is 5.73 Å². The Morgan fingerprint density at radius 3 is 2.38 bits per heavy atom. The minimum Gasteiger partial charge on any atom is -0.369 e. The summed E-state index contributed by atoms with van der Waals surface area (Å²) >= 11 is 0. The number of nitrogens with zero attached hydrogens (tertiary/aromatic N) is 1. The van der Waals surface area contributed by atoms with Gasteiger partial charge in [0.25, 0.3) is 0 Å². The van der Waals surface area contributed by atoms with E-state index in [-0.39, 0.29) is 5.91 Å². The first-order valence-corrected chi connectivity index (χ1v) is 6.51. The number of carbonyl (C=O) groups is 1. The Hall–Kier alpha value is -0.570. The van der Waals surface area contributed by atoms with Crippen LogP contribution in [0.15, 0.2) is 0 Å². The van der Waals surface area contributed by atoms with Crippen molar-refractivity contribution in [3.63, 3.8) is 0 Å². The third-order valence-electron chi connectivity index (χ3n) is 4.53. The van der Waals surface area contributed by atoms with E-state index in [1.54, 1.807) is 0 Å². The van der Waals surface area contributed by atoms with Gasteiger partial charge in [-0.3, -0.25) is 9.69 Å². The Morgan fingerprint density at radius 1 is 1.38 bits per heavy atom. The molecule has 0 aromatic carbocycles. The topological polar surface area (TPSA) is 46.3 Å². The van der Waals surface area contributed by atoms with Crippen LogP contribution in [-0.2, 0) is 4.79 Å². The number of likely N-dealkylation sites (tertiary alicyclic amines) is 1. The summed E-state index contributed by atoms with van der Waals surface area (Å²) in [6.07, 6.45) is 5.46. The van der Waals surface area contributed by atoms with Crippen molar-refractivity contribution in [3.8, 4) is 0 Å². The summed E-state index contributed by atoms with van der Waals surface area (Å²) in [5.74, 6) is 1.57. The zero-order chi connectivity index (χ0) is 11.8. The fraction of sp³-hybridized carbons (Fsp3) is 0.923. The van der Waals surface area contributed by atoms with Gasteiger partial charge in [-0.05, 0) is 42.9 Å². The Kier molecular flexibility index (Phi) is 3.24. The minimum absolute atomic E-state index is 0.189. The Morgan fingerprint density at radius 2 is 1.94 bits per heavy atom. The van der Waals surface area contributed by atoms with Crippen molar-refractivity contribution in [2.75, 3.05) is 19.6 Å². The van der Waals surface area contributed by atoms with Gasteiger partial charge in [0.15, 0.2) is 0 Å². The highest BCUT2D eigenvalue weighted by Gasteiger charge is 2.45. The quantitative estimate of drug-likeness (QED) is 0.792. The minimum atomic E-state index is -0.189. The van der Waals surface area contributed by atoms with Crippen LogP contribution in [0.5, 0.6) is 0 Å². The van der Waals surface area contributed by atoms with Gasteiger partial charge in [-0.15, -0.1) is 0 Å². The molecule has 1 amide bonds. The maximum atomic E-state index is 10.8. The molecule has 1 saturated heterocycles. The van der Waals surface area contributed by atoms with E-state index < -0.39 is 0 Å². The summed E-state index contributed by atoms with van der Waals surface area (Å²) in [7, 11) is 0. The second kappa shape index (κ2) is 4.36. The number of amides is 1. The summed E-state index contributed by atoms with van der Waals surface area (Å²) in [6, 6.07) is 0. The molecule has 1 saturated carbocycles. The molecule has 3 nitrogen and oxygen atoms in total. The van der Waals surface area contributed by atoms with E-state index in [0.717, 1.165) is 24.9 Å². The number of hydrogen-bond donors (Lipinski definition) is 1. The SMILES string of the molecule is CC(C)C1CCC2(CC1)CN(CC(N)=O)C2. The number of hydrogen-bond acceptors (Lipinski definition) is 2. The second-order valence-electron chi connectivity index (χ2n) is 6.19. The van der Waals surface area contributed by atoms with Crippen LogP contribution in [0.3, 0.4) is 0 Å². The maximum Gasteiger partial charge on any atom is 0.231 e. The molecule has 2 rings (SSSR count). The molecule has 1 spiro atoms. The van der Waals surface area contributed by atoms with Crippen molar-refractivity contribution >= 4 is 5.91 Å². The summed E-state index contributed by atoms with van der Waals surface area (Å²) in [4.78, 5) is 13.0. The summed E-state index contributed by atoms with van der Waals surface area (Å²) in [5.41, 5.74) is 5.74. The van der Waals surface area contributed by atoms with E-state index in [2.05, 4.69) is 18.7 Å². The molecule has 2 fully saturated rings. The molecule has 0 bridgehead atoms. The molecule has 1 aliphatic carbocycles. The lowest BCUT2D eigenvalue weighted by atomic mass is 9.64. The Bertz CT molecular complexity index is 259. The van der Waals surface area contributed by atoms with Gasteiger partial charge >= 0.3 is 0 Å². The zero-order valence-corrected chi connectivity index (χ0v) is 10.5. The fourth-order valence-electron chi connectivity index (χ4n) is 3.47. The molecule has 16 heavy (non-hydrogen) atoms. The van der Waals surface area contributed by atoms with Crippen molar-refractivity contribution in [1.29, 1.82) is 0 Å².